The minimum atomic E-state index is -3.34. The number of carbonyl (C=O) groups excluding carboxylic acids is 1. The highest BCUT2D eigenvalue weighted by molar-refractivity contribution is 7.89. The van der Waals surface area contributed by atoms with Crippen molar-refractivity contribution >= 4 is 27.6 Å². The van der Waals surface area contributed by atoms with Crippen molar-refractivity contribution in [1.29, 1.82) is 0 Å². The molecule has 1 fully saturated rings. The first-order chi connectivity index (χ1) is 7.99. The maximum atomic E-state index is 11.8. The summed E-state index contributed by atoms with van der Waals surface area (Å²) in [4.78, 5) is 11.1. The number of nitrogens with zero attached hydrogens (tertiary/aromatic N) is 1. The number of alkyl halides is 1. The second-order valence-electron chi connectivity index (χ2n) is 3.64. The van der Waals surface area contributed by atoms with Crippen molar-refractivity contribution in [3.05, 3.63) is 0 Å². The van der Waals surface area contributed by atoms with Gasteiger partial charge in [-0.2, -0.15) is 4.31 Å². The van der Waals surface area contributed by atoms with Gasteiger partial charge in [0, 0.05) is 19.0 Å². The Kier molecular flexibility index (Phi) is 5.64. The summed E-state index contributed by atoms with van der Waals surface area (Å²) in [6.45, 7) is 0.758. The molecule has 0 spiro atoms. The number of morpholine rings is 1. The molecule has 1 aliphatic rings. The average Bonchev–Trinajstić information content (AvgIpc) is 2.29. The zero-order valence-electron chi connectivity index (χ0n) is 9.59. The van der Waals surface area contributed by atoms with Gasteiger partial charge in [0.1, 0.15) is 0 Å². The Hall–Kier alpha value is -0.370. The molecule has 8 heteroatoms. The number of methoxy groups -OCH3 is 1. The Morgan fingerprint density at radius 3 is 2.88 bits per heavy atom. The first-order valence-electron chi connectivity index (χ1n) is 5.22. The van der Waals surface area contributed by atoms with Crippen LogP contribution in [0.15, 0.2) is 0 Å². The van der Waals surface area contributed by atoms with Crippen LogP contribution in [-0.4, -0.2) is 63.2 Å². The largest absolute Gasteiger partial charge is 0.469 e. The molecule has 0 aliphatic carbocycles. The molecule has 0 radical (unpaired) electrons. The number of esters is 1. The van der Waals surface area contributed by atoms with Crippen LogP contribution in [-0.2, 0) is 24.3 Å². The molecular formula is C9H16ClNO5S. The highest BCUT2D eigenvalue weighted by Gasteiger charge is 2.30. The minimum absolute atomic E-state index is 0.0569. The number of hydrogen-bond donors (Lipinski definition) is 0. The molecule has 0 aromatic carbocycles. The predicted octanol–water partition coefficient (Wildman–Crippen LogP) is -0.181. The van der Waals surface area contributed by atoms with Crippen molar-refractivity contribution < 1.29 is 22.7 Å². The fourth-order valence-electron chi connectivity index (χ4n) is 1.56. The van der Waals surface area contributed by atoms with Gasteiger partial charge in [0.15, 0.2) is 0 Å². The molecule has 0 aromatic heterocycles. The number of rotatable bonds is 5. The topological polar surface area (TPSA) is 72.9 Å². The molecule has 0 saturated carbocycles. The second-order valence-corrected chi connectivity index (χ2v) is 6.10. The third-order valence-electron chi connectivity index (χ3n) is 2.45. The lowest BCUT2D eigenvalue weighted by molar-refractivity contribution is -0.145. The molecular weight excluding hydrogens is 270 g/mol. The molecule has 0 bridgehead atoms. The van der Waals surface area contributed by atoms with Crippen LogP contribution in [0.3, 0.4) is 0 Å². The van der Waals surface area contributed by atoms with Gasteiger partial charge in [-0.1, -0.05) is 0 Å². The van der Waals surface area contributed by atoms with Crippen molar-refractivity contribution in [3.63, 3.8) is 0 Å². The number of sulfonamides is 1. The molecule has 100 valence electrons. The predicted molar refractivity (Wildman–Crippen MR) is 62.5 cm³/mol. The van der Waals surface area contributed by atoms with Crippen molar-refractivity contribution in [3.8, 4) is 0 Å². The van der Waals surface area contributed by atoms with Crippen LogP contribution in [0.1, 0.15) is 6.42 Å². The Labute approximate surface area is 106 Å². The monoisotopic (exact) mass is 285 g/mol. The molecule has 1 unspecified atom stereocenters. The van der Waals surface area contributed by atoms with Crippen LogP contribution in [0.5, 0.6) is 0 Å². The summed E-state index contributed by atoms with van der Waals surface area (Å²) >= 11 is 5.44. The molecule has 1 aliphatic heterocycles. The van der Waals surface area contributed by atoms with E-state index in [-0.39, 0.29) is 31.2 Å². The third kappa shape index (κ3) is 4.42. The highest BCUT2D eigenvalue weighted by atomic mass is 35.5. The quantitative estimate of drug-likeness (QED) is 0.517. The zero-order chi connectivity index (χ0) is 12.9. The number of hydrogen-bond acceptors (Lipinski definition) is 5. The molecule has 0 aromatic rings. The summed E-state index contributed by atoms with van der Waals surface area (Å²) in [5.41, 5.74) is 0. The van der Waals surface area contributed by atoms with Gasteiger partial charge in [0.2, 0.25) is 10.0 Å². The van der Waals surface area contributed by atoms with Gasteiger partial charge >= 0.3 is 5.97 Å². The van der Waals surface area contributed by atoms with E-state index in [1.165, 1.54) is 11.4 Å². The molecule has 1 rings (SSSR count). The van der Waals surface area contributed by atoms with Crippen LogP contribution in [0.4, 0.5) is 0 Å². The van der Waals surface area contributed by atoms with E-state index in [0.29, 0.717) is 6.54 Å². The Balaban J connectivity index is 2.57. The minimum Gasteiger partial charge on any atom is -0.469 e. The molecule has 1 atom stereocenters. The van der Waals surface area contributed by atoms with Crippen molar-refractivity contribution in [2.24, 2.45) is 0 Å². The van der Waals surface area contributed by atoms with E-state index in [2.05, 4.69) is 4.74 Å². The first kappa shape index (κ1) is 14.7. The first-order valence-corrected chi connectivity index (χ1v) is 7.36. The molecule has 0 amide bonds. The van der Waals surface area contributed by atoms with Gasteiger partial charge in [-0.15, -0.1) is 11.6 Å². The molecule has 6 nitrogen and oxygen atoms in total. The summed E-state index contributed by atoms with van der Waals surface area (Å²) in [5.74, 6) is -0.451. The average molecular weight is 286 g/mol. The lowest BCUT2D eigenvalue weighted by Crippen LogP contribution is -2.47. The van der Waals surface area contributed by atoms with Crippen LogP contribution in [0.25, 0.3) is 0 Å². The molecule has 1 heterocycles. The van der Waals surface area contributed by atoms with E-state index < -0.39 is 22.1 Å². The maximum absolute atomic E-state index is 11.8. The van der Waals surface area contributed by atoms with Crippen molar-refractivity contribution in [1.82, 2.24) is 4.31 Å². The third-order valence-corrected chi connectivity index (χ3v) is 4.70. The van der Waals surface area contributed by atoms with Gasteiger partial charge in [-0.25, -0.2) is 8.42 Å². The summed E-state index contributed by atoms with van der Waals surface area (Å²) in [5, 5.41) is 0. The number of ether oxygens (including phenoxy) is 2. The van der Waals surface area contributed by atoms with E-state index in [4.69, 9.17) is 16.3 Å². The number of halogens is 1. The summed E-state index contributed by atoms with van der Waals surface area (Å²) in [7, 11) is -2.05. The normalized spacial score (nSPS) is 22.4. The van der Waals surface area contributed by atoms with E-state index in [1.807, 2.05) is 0 Å². The van der Waals surface area contributed by atoms with Crippen LogP contribution in [0.2, 0.25) is 0 Å². The standard InChI is InChI=1S/C9H16ClNO5S/c1-15-9(12)6-8-7-11(3-4-16-8)17(13,14)5-2-10/h8H,2-7H2,1H3. The molecule has 1 saturated heterocycles. The van der Waals surface area contributed by atoms with E-state index in [0.717, 1.165) is 0 Å². The highest BCUT2D eigenvalue weighted by Crippen LogP contribution is 2.13. The fraction of sp³-hybridized carbons (Fsp3) is 0.889. The second kappa shape index (κ2) is 6.53. The number of carbonyl (C=O) groups is 1. The summed E-state index contributed by atoms with van der Waals surface area (Å²) in [6, 6.07) is 0. The van der Waals surface area contributed by atoms with Gasteiger partial charge < -0.3 is 9.47 Å². The molecule has 17 heavy (non-hydrogen) atoms. The van der Waals surface area contributed by atoms with Crippen molar-refractivity contribution in [2.75, 3.05) is 38.4 Å². The van der Waals surface area contributed by atoms with E-state index in [9.17, 15) is 13.2 Å². The smallest absolute Gasteiger partial charge is 0.308 e. The Morgan fingerprint density at radius 2 is 2.29 bits per heavy atom. The van der Waals surface area contributed by atoms with E-state index >= 15 is 0 Å². The Bertz CT molecular complexity index is 358. The van der Waals surface area contributed by atoms with Gasteiger partial charge in [-0.3, -0.25) is 4.79 Å². The van der Waals surface area contributed by atoms with Gasteiger partial charge in [-0.05, 0) is 0 Å². The lowest BCUT2D eigenvalue weighted by Gasteiger charge is -2.31. The Morgan fingerprint density at radius 1 is 1.59 bits per heavy atom. The zero-order valence-corrected chi connectivity index (χ0v) is 11.2. The summed E-state index contributed by atoms with van der Waals surface area (Å²) in [6.07, 6.45) is -0.384. The van der Waals surface area contributed by atoms with Gasteiger partial charge in [0.05, 0.1) is 32.0 Å². The maximum Gasteiger partial charge on any atom is 0.308 e. The lowest BCUT2D eigenvalue weighted by atomic mass is 10.2. The van der Waals surface area contributed by atoms with Crippen LogP contribution < -0.4 is 0 Å². The van der Waals surface area contributed by atoms with Crippen molar-refractivity contribution in [2.45, 2.75) is 12.5 Å². The SMILES string of the molecule is COC(=O)CC1CN(S(=O)(=O)CCCl)CCO1. The van der Waals surface area contributed by atoms with Crippen LogP contribution >= 0.6 is 11.6 Å². The van der Waals surface area contributed by atoms with E-state index in [1.54, 1.807) is 0 Å². The summed E-state index contributed by atoms with van der Waals surface area (Å²) < 4.78 is 34.7. The van der Waals surface area contributed by atoms with Crippen LogP contribution in [0, 0.1) is 0 Å². The fourth-order valence-corrected chi connectivity index (χ4v) is 3.35. The van der Waals surface area contributed by atoms with Gasteiger partial charge in [0.25, 0.3) is 0 Å². The molecule has 0 N–H and O–H groups in total.